The quantitative estimate of drug-likeness (QED) is 0.464. The molecule has 1 heterocycles. The molecule has 0 saturated heterocycles. The van der Waals surface area contributed by atoms with Gasteiger partial charge in [-0.1, -0.05) is 29.8 Å². The van der Waals surface area contributed by atoms with Crippen LogP contribution >= 0.6 is 23.2 Å². The highest BCUT2D eigenvalue weighted by molar-refractivity contribution is 6.31. The van der Waals surface area contributed by atoms with Crippen LogP contribution in [0.15, 0.2) is 48.7 Å². The largest absolute Gasteiger partial charge is 0.484 e. The van der Waals surface area contributed by atoms with Crippen LogP contribution in [-0.2, 0) is 14.4 Å². The van der Waals surface area contributed by atoms with E-state index < -0.39 is 29.8 Å². The molecule has 35 heavy (non-hydrogen) atoms. The molecule has 0 aromatic heterocycles. The van der Waals surface area contributed by atoms with E-state index >= 15 is 0 Å². The molecule has 0 aliphatic carbocycles. The molecule has 3 N–H and O–H groups in total. The molecular formula is C24H24Cl2FN3O5. The van der Waals surface area contributed by atoms with Crippen LogP contribution in [0.2, 0.25) is 10.0 Å². The molecule has 3 rings (SSSR count). The van der Waals surface area contributed by atoms with Crippen molar-refractivity contribution in [1.82, 2.24) is 16.0 Å². The van der Waals surface area contributed by atoms with E-state index in [4.69, 9.17) is 32.7 Å². The lowest BCUT2D eigenvalue weighted by Crippen LogP contribution is -2.44. The van der Waals surface area contributed by atoms with E-state index in [1.54, 1.807) is 18.2 Å². The minimum atomic E-state index is -0.861. The summed E-state index contributed by atoms with van der Waals surface area (Å²) < 4.78 is 24.4. The Bertz CT molecular complexity index is 1140. The zero-order valence-corrected chi connectivity index (χ0v) is 20.3. The zero-order chi connectivity index (χ0) is 25.5. The van der Waals surface area contributed by atoms with E-state index in [2.05, 4.69) is 22.5 Å². The van der Waals surface area contributed by atoms with Crippen molar-refractivity contribution in [3.63, 3.8) is 0 Å². The first-order valence-electron chi connectivity index (χ1n) is 10.7. The van der Waals surface area contributed by atoms with Gasteiger partial charge in [0.05, 0.1) is 11.1 Å². The Morgan fingerprint density at radius 2 is 1.97 bits per heavy atom. The second-order valence-corrected chi connectivity index (χ2v) is 8.68. The fraction of sp³-hybridized carbons (Fsp3) is 0.292. The Hall–Kier alpha value is -3.30. The maximum absolute atomic E-state index is 13.4. The van der Waals surface area contributed by atoms with Gasteiger partial charge >= 0.3 is 0 Å². The highest BCUT2D eigenvalue weighted by atomic mass is 35.5. The second kappa shape index (κ2) is 11.9. The fourth-order valence-corrected chi connectivity index (χ4v) is 3.72. The Morgan fingerprint density at radius 3 is 2.69 bits per heavy atom. The predicted molar refractivity (Wildman–Crippen MR) is 129 cm³/mol. The van der Waals surface area contributed by atoms with Crippen LogP contribution in [0.1, 0.15) is 31.4 Å². The minimum absolute atomic E-state index is 0.0415. The van der Waals surface area contributed by atoms with E-state index in [0.29, 0.717) is 22.0 Å². The number of halogens is 3. The molecule has 0 bridgehead atoms. The van der Waals surface area contributed by atoms with Gasteiger partial charge in [-0.2, -0.15) is 0 Å². The minimum Gasteiger partial charge on any atom is -0.484 e. The van der Waals surface area contributed by atoms with Gasteiger partial charge in [-0.05, 0) is 30.3 Å². The van der Waals surface area contributed by atoms with Gasteiger partial charge in [-0.25, -0.2) is 4.39 Å². The number of carbonyl (C=O) groups is 3. The van der Waals surface area contributed by atoms with Gasteiger partial charge in [0, 0.05) is 48.7 Å². The summed E-state index contributed by atoms with van der Waals surface area (Å²) >= 11 is 11.7. The van der Waals surface area contributed by atoms with Gasteiger partial charge in [-0.3, -0.25) is 14.4 Å². The number of amides is 3. The summed E-state index contributed by atoms with van der Waals surface area (Å²) in [7, 11) is 0. The average molecular weight is 524 g/mol. The molecule has 11 heteroatoms. The molecule has 1 aliphatic rings. The molecule has 2 unspecified atom stereocenters. The lowest BCUT2D eigenvalue weighted by atomic mass is 9.96. The van der Waals surface area contributed by atoms with Crippen LogP contribution in [0.25, 0.3) is 0 Å². The first-order valence-corrected chi connectivity index (χ1v) is 11.4. The third-order valence-electron chi connectivity index (χ3n) is 5.05. The molecule has 0 spiro atoms. The highest BCUT2D eigenvalue weighted by Gasteiger charge is 2.33. The van der Waals surface area contributed by atoms with Crippen molar-refractivity contribution in [3.05, 3.63) is 70.1 Å². The van der Waals surface area contributed by atoms with Crippen molar-refractivity contribution in [3.8, 4) is 11.5 Å². The Kier molecular flexibility index (Phi) is 8.95. The Labute approximate surface area is 211 Å². The molecule has 186 valence electrons. The summed E-state index contributed by atoms with van der Waals surface area (Å²) in [5.74, 6) is -1.11. The van der Waals surface area contributed by atoms with Crippen LogP contribution in [-0.4, -0.2) is 37.0 Å². The highest BCUT2D eigenvalue weighted by Crippen LogP contribution is 2.36. The first kappa shape index (κ1) is 26.3. The molecule has 2 aromatic rings. The number of hydrogen-bond acceptors (Lipinski definition) is 5. The van der Waals surface area contributed by atoms with E-state index in [1.165, 1.54) is 19.1 Å². The number of ether oxygens (including phenoxy) is 2. The molecule has 2 aromatic carbocycles. The van der Waals surface area contributed by atoms with Gasteiger partial charge in [0.1, 0.15) is 17.3 Å². The summed E-state index contributed by atoms with van der Waals surface area (Å²) in [6.07, 6.45) is -0.382. The zero-order valence-electron chi connectivity index (χ0n) is 18.8. The van der Waals surface area contributed by atoms with E-state index in [9.17, 15) is 18.8 Å². The van der Waals surface area contributed by atoms with E-state index in [0.717, 1.165) is 6.07 Å². The van der Waals surface area contributed by atoms with Crippen LogP contribution in [0, 0.1) is 5.82 Å². The average Bonchev–Trinajstić information content (AvgIpc) is 2.79. The van der Waals surface area contributed by atoms with E-state index in [-0.39, 0.29) is 42.7 Å². The number of carbonyl (C=O) groups excluding carboxylic acids is 3. The van der Waals surface area contributed by atoms with Gasteiger partial charge in [0.15, 0.2) is 12.7 Å². The third-order valence-corrected chi connectivity index (χ3v) is 5.59. The van der Waals surface area contributed by atoms with Crippen LogP contribution in [0.4, 0.5) is 4.39 Å². The summed E-state index contributed by atoms with van der Waals surface area (Å²) in [4.78, 5) is 36.3. The van der Waals surface area contributed by atoms with Crippen molar-refractivity contribution in [2.24, 2.45) is 0 Å². The van der Waals surface area contributed by atoms with Crippen molar-refractivity contribution < 1.29 is 28.2 Å². The molecule has 8 nitrogen and oxygen atoms in total. The summed E-state index contributed by atoms with van der Waals surface area (Å²) in [5.41, 5.74) is 1.07. The lowest BCUT2D eigenvalue weighted by Gasteiger charge is -2.32. The molecule has 0 fully saturated rings. The fourth-order valence-electron chi connectivity index (χ4n) is 3.42. The number of benzene rings is 2. The SMILES string of the molecule is C=C(CCNC(=O)COc1ccc(Cl)c(F)c1)NC(=O)C1CC(NC(C)=O)c2cc(Cl)ccc2O1. The lowest BCUT2D eigenvalue weighted by molar-refractivity contribution is -0.129. The van der Waals surface area contributed by atoms with Crippen LogP contribution in [0.3, 0.4) is 0 Å². The normalized spacial score (nSPS) is 16.3. The Balaban J connectivity index is 1.45. The molecule has 0 saturated carbocycles. The number of fused-ring (bicyclic) bond motifs is 1. The molecule has 0 radical (unpaired) electrons. The van der Waals surface area contributed by atoms with Gasteiger partial charge in [0.25, 0.3) is 11.8 Å². The van der Waals surface area contributed by atoms with Gasteiger partial charge in [-0.15, -0.1) is 0 Å². The molecule has 3 amide bonds. The third kappa shape index (κ3) is 7.60. The van der Waals surface area contributed by atoms with Gasteiger partial charge < -0.3 is 25.4 Å². The van der Waals surface area contributed by atoms with Crippen molar-refractivity contribution in [1.29, 1.82) is 0 Å². The van der Waals surface area contributed by atoms with Crippen LogP contribution in [0.5, 0.6) is 11.5 Å². The number of rotatable bonds is 9. The molecular weight excluding hydrogens is 500 g/mol. The summed E-state index contributed by atoms with van der Waals surface area (Å²) in [5, 5.41) is 8.56. The maximum atomic E-state index is 13.4. The molecule has 1 aliphatic heterocycles. The molecule has 2 atom stereocenters. The van der Waals surface area contributed by atoms with E-state index in [1.807, 2.05) is 0 Å². The number of hydrogen-bond donors (Lipinski definition) is 3. The predicted octanol–water partition coefficient (Wildman–Crippen LogP) is 3.68. The van der Waals surface area contributed by atoms with Crippen molar-refractivity contribution >= 4 is 40.9 Å². The summed E-state index contributed by atoms with van der Waals surface area (Å²) in [6.45, 7) is 5.08. The summed E-state index contributed by atoms with van der Waals surface area (Å²) in [6, 6.07) is 8.42. The first-order chi connectivity index (χ1) is 16.6. The smallest absolute Gasteiger partial charge is 0.265 e. The Morgan fingerprint density at radius 1 is 1.20 bits per heavy atom. The monoisotopic (exact) mass is 523 g/mol. The van der Waals surface area contributed by atoms with Crippen molar-refractivity contribution in [2.45, 2.75) is 31.9 Å². The van der Waals surface area contributed by atoms with Crippen molar-refractivity contribution in [2.75, 3.05) is 13.2 Å². The van der Waals surface area contributed by atoms with Crippen LogP contribution < -0.4 is 25.4 Å². The maximum Gasteiger partial charge on any atom is 0.265 e. The topological polar surface area (TPSA) is 106 Å². The standard InChI is InChI=1S/C24H24Cl2FN3O5/c1-13(7-8-28-23(32)12-34-16-4-5-18(26)19(27)10-16)29-24(33)22-11-20(30-14(2)31)17-9-15(25)3-6-21(17)35-22/h3-6,9-10,20,22H,1,7-8,11-12H2,2H3,(H,28,32)(H,29,33)(H,30,31). The second-order valence-electron chi connectivity index (χ2n) is 7.83. The van der Waals surface area contributed by atoms with Gasteiger partial charge in [0.2, 0.25) is 5.91 Å². The number of nitrogens with one attached hydrogen (secondary N) is 3.